The van der Waals surface area contributed by atoms with Crippen molar-refractivity contribution in [3.8, 4) is 11.9 Å². The molecular formula is C25H25ClF2N4O6. The third-order valence-corrected chi connectivity index (χ3v) is 7.34. The molecule has 6 rings (SSSR count). The van der Waals surface area contributed by atoms with Crippen LogP contribution in [0.2, 0.25) is 5.02 Å². The molecule has 0 radical (unpaired) electrons. The smallest absolute Gasteiger partial charge is 0.296 e. The van der Waals surface area contributed by atoms with E-state index < -0.39 is 48.6 Å². The molecule has 2 unspecified atom stereocenters. The number of hydrogen-bond acceptors (Lipinski definition) is 8. The van der Waals surface area contributed by atoms with Crippen molar-refractivity contribution >= 4 is 28.7 Å². The molecule has 0 spiro atoms. The van der Waals surface area contributed by atoms with Gasteiger partial charge in [-0.25, -0.2) is 8.78 Å². The number of pyridine rings is 1. The fourth-order valence-electron chi connectivity index (χ4n) is 5.08. The van der Waals surface area contributed by atoms with Gasteiger partial charge < -0.3 is 34.4 Å². The van der Waals surface area contributed by atoms with E-state index >= 15 is 0 Å². The van der Waals surface area contributed by atoms with Gasteiger partial charge in [-0.2, -0.15) is 9.97 Å². The second-order valence-corrected chi connectivity index (χ2v) is 10.1. The van der Waals surface area contributed by atoms with E-state index in [9.17, 15) is 18.7 Å². The fourth-order valence-corrected chi connectivity index (χ4v) is 5.28. The number of aromatic amines is 1. The Balaban J connectivity index is 1.13. The number of halogens is 3. The van der Waals surface area contributed by atoms with Crippen LogP contribution < -0.4 is 14.8 Å². The molecule has 3 N–H and O–H groups in total. The van der Waals surface area contributed by atoms with Gasteiger partial charge in [-0.05, 0) is 31.0 Å². The summed E-state index contributed by atoms with van der Waals surface area (Å²) in [6, 6.07) is 3.66. The molecule has 1 saturated carbocycles. The molecule has 13 heteroatoms. The predicted octanol–water partition coefficient (Wildman–Crippen LogP) is 3.05. The number of imidazole rings is 1. The quantitative estimate of drug-likeness (QED) is 0.409. The maximum absolute atomic E-state index is 14.7. The van der Waals surface area contributed by atoms with E-state index in [2.05, 4.69) is 20.3 Å². The average molecular weight is 551 g/mol. The van der Waals surface area contributed by atoms with Crippen molar-refractivity contribution in [1.29, 1.82) is 0 Å². The highest BCUT2D eigenvalue weighted by Crippen LogP contribution is 2.32. The summed E-state index contributed by atoms with van der Waals surface area (Å²) in [6.07, 6.45) is 1.72. The molecule has 1 aliphatic carbocycles. The Morgan fingerprint density at radius 2 is 1.87 bits per heavy atom. The van der Waals surface area contributed by atoms with Crippen LogP contribution in [-0.2, 0) is 16.1 Å². The van der Waals surface area contributed by atoms with Crippen LogP contribution in [0.15, 0.2) is 18.2 Å². The van der Waals surface area contributed by atoms with E-state index in [1.54, 1.807) is 0 Å². The minimum atomic E-state index is -0.912. The zero-order valence-corrected chi connectivity index (χ0v) is 20.8. The summed E-state index contributed by atoms with van der Waals surface area (Å²) in [5.74, 6) is -2.41. The maximum Gasteiger partial charge on any atom is 0.296 e. The zero-order valence-electron chi connectivity index (χ0n) is 20.1. The van der Waals surface area contributed by atoms with Crippen LogP contribution in [-0.4, -0.2) is 69.6 Å². The summed E-state index contributed by atoms with van der Waals surface area (Å²) in [6.45, 7) is -0.106. The Morgan fingerprint density at radius 1 is 1.13 bits per heavy atom. The van der Waals surface area contributed by atoms with Gasteiger partial charge in [-0.1, -0.05) is 24.4 Å². The number of nitrogens with one attached hydrogen (secondary N) is 2. The average Bonchev–Trinajstić information content (AvgIpc) is 3.67. The second-order valence-electron chi connectivity index (χ2n) is 9.67. The molecule has 202 valence electrons. The van der Waals surface area contributed by atoms with Gasteiger partial charge in [0.15, 0.2) is 11.8 Å². The zero-order chi connectivity index (χ0) is 26.4. The van der Waals surface area contributed by atoms with Crippen molar-refractivity contribution in [1.82, 2.24) is 20.3 Å². The lowest BCUT2D eigenvalue weighted by atomic mass is 10.1. The molecule has 2 aliphatic heterocycles. The number of benzene rings is 1. The number of carbonyl (C=O) groups excluding carboxylic acids is 1. The van der Waals surface area contributed by atoms with Gasteiger partial charge in [-0.15, -0.1) is 0 Å². The van der Waals surface area contributed by atoms with Crippen LogP contribution in [0.4, 0.5) is 8.78 Å². The number of H-pyrrole nitrogens is 1. The molecule has 3 aromatic rings. The third-order valence-electron chi connectivity index (χ3n) is 7.06. The van der Waals surface area contributed by atoms with Gasteiger partial charge >= 0.3 is 0 Å². The molecule has 4 heterocycles. The monoisotopic (exact) mass is 550 g/mol. The van der Waals surface area contributed by atoms with Gasteiger partial charge in [0.05, 0.1) is 24.3 Å². The Labute approximate surface area is 220 Å². The molecule has 3 fully saturated rings. The molecular weight excluding hydrogens is 526 g/mol. The Bertz CT molecular complexity index is 1340. The summed E-state index contributed by atoms with van der Waals surface area (Å²) in [5.41, 5.74) is 0.215. The summed E-state index contributed by atoms with van der Waals surface area (Å²) < 4.78 is 51.9. The number of aliphatic hydroxyl groups excluding tert-OH is 1. The first kappa shape index (κ1) is 25.2. The standard InChI is InChI=1S/C25H25ClF2N4O6/c26-14-7-17-22(32-25(30-17)38-19-10-36-20-18(33)9-35-21(19)20)31-24(14)37-8-13-15(27)5-11(6-16(13)28)23(34)29-12-3-1-2-4-12/h5-7,12,18-21,33H,1-4,8-10H2,(H,29,34)(H,30,31,32)/t18-,19-,20?,21?/m1/s1. The van der Waals surface area contributed by atoms with Gasteiger partial charge in [0.25, 0.3) is 11.9 Å². The van der Waals surface area contributed by atoms with Gasteiger partial charge in [-0.3, -0.25) is 4.79 Å². The highest BCUT2D eigenvalue weighted by Gasteiger charge is 2.48. The number of hydrogen-bond donors (Lipinski definition) is 3. The van der Waals surface area contributed by atoms with E-state index in [0.29, 0.717) is 5.52 Å². The van der Waals surface area contributed by atoms with Crippen LogP contribution in [0, 0.1) is 11.6 Å². The van der Waals surface area contributed by atoms with Crippen molar-refractivity contribution in [2.24, 2.45) is 0 Å². The second kappa shape index (κ2) is 10.3. The molecule has 0 bridgehead atoms. The lowest BCUT2D eigenvalue weighted by Crippen LogP contribution is -2.34. The number of rotatable bonds is 7. The fraction of sp³-hybridized carbons (Fsp3) is 0.480. The first-order chi connectivity index (χ1) is 18.4. The number of amides is 1. The number of carbonyl (C=O) groups is 1. The van der Waals surface area contributed by atoms with Crippen molar-refractivity contribution in [3.63, 3.8) is 0 Å². The lowest BCUT2D eigenvalue weighted by molar-refractivity contribution is 0.00706. The number of ether oxygens (including phenoxy) is 4. The van der Waals surface area contributed by atoms with Crippen LogP contribution >= 0.6 is 11.6 Å². The van der Waals surface area contributed by atoms with E-state index in [4.69, 9.17) is 30.5 Å². The van der Waals surface area contributed by atoms with Gasteiger partial charge in [0.1, 0.15) is 41.6 Å². The van der Waals surface area contributed by atoms with Gasteiger partial charge in [0.2, 0.25) is 5.88 Å². The minimum Gasteiger partial charge on any atom is -0.471 e. The minimum absolute atomic E-state index is 0.0278. The van der Waals surface area contributed by atoms with Gasteiger partial charge in [0, 0.05) is 11.6 Å². The number of nitrogens with zero attached hydrogens (tertiary/aromatic N) is 2. The molecule has 4 atom stereocenters. The normalized spacial score (nSPS) is 25.2. The van der Waals surface area contributed by atoms with Crippen molar-refractivity contribution in [2.45, 2.75) is 62.7 Å². The number of fused-ring (bicyclic) bond motifs is 2. The lowest BCUT2D eigenvalue weighted by Gasteiger charge is -2.15. The maximum atomic E-state index is 14.7. The van der Waals surface area contributed by atoms with E-state index in [1.165, 1.54) is 6.07 Å². The molecule has 10 nitrogen and oxygen atoms in total. The largest absolute Gasteiger partial charge is 0.471 e. The third kappa shape index (κ3) is 4.89. The van der Waals surface area contributed by atoms with E-state index in [1.807, 2.05) is 0 Å². The number of aliphatic hydroxyl groups is 1. The van der Waals surface area contributed by atoms with Crippen LogP contribution in [0.3, 0.4) is 0 Å². The molecule has 1 amide bonds. The Kier molecular flexibility index (Phi) is 6.81. The summed E-state index contributed by atoms with van der Waals surface area (Å²) >= 11 is 6.28. The van der Waals surface area contributed by atoms with Crippen LogP contribution in [0.25, 0.3) is 11.2 Å². The summed E-state index contributed by atoms with van der Waals surface area (Å²) in [4.78, 5) is 23.9. The Morgan fingerprint density at radius 3 is 2.63 bits per heavy atom. The molecule has 2 aromatic heterocycles. The van der Waals surface area contributed by atoms with E-state index in [0.717, 1.165) is 37.8 Å². The Hall–Kier alpha value is -3.06. The molecule has 1 aromatic carbocycles. The topological polar surface area (TPSA) is 128 Å². The number of aromatic nitrogens is 3. The first-order valence-corrected chi connectivity index (χ1v) is 12.8. The van der Waals surface area contributed by atoms with Crippen LogP contribution in [0.1, 0.15) is 41.6 Å². The SMILES string of the molecule is O=C(NC1CCCC1)c1cc(F)c(COc2nc3nc(O[C@@H]4COC5C4OC[C@H]5O)[nH]c3cc2Cl)c(F)c1. The van der Waals surface area contributed by atoms with Crippen molar-refractivity contribution in [3.05, 3.63) is 46.0 Å². The molecule has 3 aliphatic rings. The van der Waals surface area contributed by atoms with E-state index in [-0.39, 0.29) is 52.9 Å². The highest BCUT2D eigenvalue weighted by molar-refractivity contribution is 6.32. The predicted molar refractivity (Wildman–Crippen MR) is 129 cm³/mol. The molecule has 38 heavy (non-hydrogen) atoms. The summed E-state index contributed by atoms with van der Waals surface area (Å²) in [7, 11) is 0. The van der Waals surface area contributed by atoms with Crippen LogP contribution in [0.5, 0.6) is 11.9 Å². The van der Waals surface area contributed by atoms with Crippen molar-refractivity contribution in [2.75, 3.05) is 13.2 Å². The molecule has 2 saturated heterocycles. The first-order valence-electron chi connectivity index (χ1n) is 12.4. The highest BCUT2D eigenvalue weighted by atomic mass is 35.5. The summed E-state index contributed by atoms with van der Waals surface area (Å²) in [5, 5.41) is 12.8. The van der Waals surface area contributed by atoms with Crippen molar-refractivity contribution < 1.29 is 37.6 Å².